The number of primary sulfonamides is 1. The third kappa shape index (κ3) is 5.42. The van der Waals surface area contributed by atoms with Gasteiger partial charge in [-0.15, -0.1) is 10.2 Å². The van der Waals surface area contributed by atoms with E-state index in [0.29, 0.717) is 13.1 Å². The topological polar surface area (TPSA) is 125 Å². The Morgan fingerprint density at radius 2 is 1.48 bits per heavy atom. The number of aromatic nitrogens is 6. The summed E-state index contributed by atoms with van der Waals surface area (Å²) in [5.74, 6) is 0. The van der Waals surface area contributed by atoms with E-state index in [1.165, 1.54) is 12.1 Å². The number of sulfonamides is 1. The highest BCUT2D eigenvalue weighted by Crippen LogP contribution is 2.12. The maximum atomic E-state index is 11.4. The summed E-state index contributed by atoms with van der Waals surface area (Å²) in [4.78, 5) is 2.31. The highest BCUT2D eigenvalue weighted by Gasteiger charge is 2.13. The summed E-state index contributed by atoms with van der Waals surface area (Å²) < 4.78 is 26.1. The number of aryl methyl sites for hydroxylation is 2. The first-order valence-electron chi connectivity index (χ1n) is 8.34. The zero-order valence-electron chi connectivity index (χ0n) is 15.2. The quantitative estimate of drug-likeness (QED) is 0.566. The number of benzene rings is 1. The van der Waals surface area contributed by atoms with Gasteiger partial charge >= 0.3 is 0 Å². The molecular weight excluding hydrogens is 368 g/mol. The van der Waals surface area contributed by atoms with Crippen LogP contribution in [-0.4, -0.2) is 49.9 Å². The summed E-state index contributed by atoms with van der Waals surface area (Å²) in [6.45, 7) is 1.99. The molecule has 3 rings (SSSR count). The summed E-state index contributed by atoms with van der Waals surface area (Å²) >= 11 is 0. The average Bonchev–Trinajstić information content (AvgIpc) is 3.20. The minimum Gasteiger partial charge on any atom is -0.291 e. The smallest absolute Gasteiger partial charge is 0.238 e. The molecule has 10 nitrogen and oxygen atoms in total. The van der Waals surface area contributed by atoms with Crippen molar-refractivity contribution in [3.63, 3.8) is 0 Å². The molecule has 0 fully saturated rings. The number of hydrogen-bond donors (Lipinski definition) is 1. The van der Waals surface area contributed by atoms with Crippen molar-refractivity contribution >= 4 is 10.0 Å². The first kappa shape index (κ1) is 19.1. The Labute approximate surface area is 157 Å². The van der Waals surface area contributed by atoms with Crippen molar-refractivity contribution in [2.24, 2.45) is 19.2 Å². The van der Waals surface area contributed by atoms with Gasteiger partial charge in [-0.05, 0) is 24.1 Å². The summed E-state index contributed by atoms with van der Waals surface area (Å²) in [6.07, 6.45) is 4.50. The van der Waals surface area contributed by atoms with E-state index in [0.717, 1.165) is 29.9 Å². The SMILES string of the molecule is Cn1cc(CN(CCc2ccc(S(N)(=O)=O)cc2)Cc2cn(C)nn2)nn1. The van der Waals surface area contributed by atoms with Crippen molar-refractivity contribution in [3.05, 3.63) is 53.6 Å². The normalized spacial score (nSPS) is 12.0. The van der Waals surface area contributed by atoms with Gasteiger partial charge in [-0.2, -0.15) is 0 Å². The lowest BCUT2D eigenvalue weighted by atomic mass is 10.1. The second-order valence-corrected chi connectivity index (χ2v) is 7.98. The maximum Gasteiger partial charge on any atom is 0.238 e. The Morgan fingerprint density at radius 1 is 0.963 bits per heavy atom. The molecule has 0 saturated heterocycles. The van der Waals surface area contributed by atoms with E-state index in [4.69, 9.17) is 5.14 Å². The fourth-order valence-corrected chi connectivity index (χ4v) is 3.26. The molecule has 0 aliphatic rings. The van der Waals surface area contributed by atoms with Gasteiger partial charge in [0.2, 0.25) is 10.0 Å². The van der Waals surface area contributed by atoms with E-state index in [1.54, 1.807) is 21.5 Å². The Kier molecular flexibility index (Phi) is 5.63. The summed E-state index contributed by atoms with van der Waals surface area (Å²) in [6, 6.07) is 6.62. The molecule has 0 saturated carbocycles. The average molecular weight is 390 g/mol. The van der Waals surface area contributed by atoms with Crippen LogP contribution in [0.4, 0.5) is 0 Å². The first-order valence-corrected chi connectivity index (χ1v) is 9.89. The molecule has 0 aliphatic heterocycles. The van der Waals surface area contributed by atoms with Gasteiger partial charge in [0.1, 0.15) is 0 Å². The number of nitrogens with zero attached hydrogens (tertiary/aromatic N) is 7. The van der Waals surface area contributed by atoms with Crippen LogP contribution in [0.3, 0.4) is 0 Å². The summed E-state index contributed by atoms with van der Waals surface area (Å²) in [5.41, 5.74) is 2.75. The molecule has 0 radical (unpaired) electrons. The Bertz CT molecular complexity index is 951. The van der Waals surface area contributed by atoms with Gasteiger partial charge in [0.15, 0.2) is 0 Å². The zero-order chi connectivity index (χ0) is 19.4. The van der Waals surface area contributed by atoms with Crippen molar-refractivity contribution in [1.82, 2.24) is 34.9 Å². The molecule has 27 heavy (non-hydrogen) atoms. The van der Waals surface area contributed by atoms with E-state index >= 15 is 0 Å². The van der Waals surface area contributed by atoms with E-state index in [1.807, 2.05) is 26.5 Å². The van der Waals surface area contributed by atoms with Crippen molar-refractivity contribution in [3.8, 4) is 0 Å². The third-order valence-corrected chi connectivity index (χ3v) is 4.97. The molecule has 3 aromatic rings. The van der Waals surface area contributed by atoms with Crippen LogP contribution in [-0.2, 0) is 43.6 Å². The van der Waals surface area contributed by atoms with Crippen LogP contribution in [0, 0.1) is 0 Å². The number of hydrogen-bond acceptors (Lipinski definition) is 7. The summed E-state index contributed by atoms with van der Waals surface area (Å²) in [7, 11) is -0.0132. The molecule has 0 aliphatic carbocycles. The Balaban J connectivity index is 1.68. The monoisotopic (exact) mass is 390 g/mol. The van der Waals surface area contributed by atoms with Gasteiger partial charge in [0.05, 0.1) is 16.3 Å². The van der Waals surface area contributed by atoms with Crippen molar-refractivity contribution in [2.45, 2.75) is 24.4 Å². The van der Waals surface area contributed by atoms with Gasteiger partial charge in [0, 0.05) is 46.1 Å². The van der Waals surface area contributed by atoms with Crippen LogP contribution in [0.2, 0.25) is 0 Å². The number of nitrogens with two attached hydrogens (primary N) is 1. The standard InChI is InChI=1S/C16H22N8O2S/c1-22-9-14(18-20-22)11-24(12-15-10-23(2)21-19-15)8-7-13-3-5-16(6-4-13)27(17,25)26/h3-6,9-10H,7-8,11-12H2,1-2H3,(H2,17,25,26). The molecule has 0 spiro atoms. The molecule has 2 aromatic heterocycles. The zero-order valence-corrected chi connectivity index (χ0v) is 16.0. The van der Waals surface area contributed by atoms with E-state index in [2.05, 4.69) is 25.5 Å². The van der Waals surface area contributed by atoms with Gasteiger partial charge in [-0.3, -0.25) is 14.3 Å². The third-order valence-electron chi connectivity index (χ3n) is 4.04. The molecule has 0 amide bonds. The molecule has 2 heterocycles. The summed E-state index contributed by atoms with van der Waals surface area (Å²) in [5, 5.41) is 21.4. The highest BCUT2D eigenvalue weighted by molar-refractivity contribution is 7.89. The lowest BCUT2D eigenvalue weighted by Gasteiger charge is -2.20. The van der Waals surface area contributed by atoms with Gasteiger partial charge in [0.25, 0.3) is 0 Å². The Hall–Kier alpha value is -2.63. The van der Waals surface area contributed by atoms with E-state index in [9.17, 15) is 8.42 Å². The minimum atomic E-state index is -3.67. The maximum absolute atomic E-state index is 11.4. The molecule has 0 bridgehead atoms. The fourth-order valence-electron chi connectivity index (χ4n) is 2.74. The fraction of sp³-hybridized carbons (Fsp3) is 0.375. The van der Waals surface area contributed by atoms with Crippen LogP contribution in [0.1, 0.15) is 17.0 Å². The van der Waals surface area contributed by atoms with Crippen LogP contribution >= 0.6 is 0 Å². The first-order chi connectivity index (χ1) is 12.8. The van der Waals surface area contributed by atoms with Crippen molar-refractivity contribution < 1.29 is 8.42 Å². The van der Waals surface area contributed by atoms with Crippen LogP contribution < -0.4 is 5.14 Å². The van der Waals surface area contributed by atoms with Gasteiger partial charge in [-0.1, -0.05) is 22.6 Å². The lowest BCUT2D eigenvalue weighted by Crippen LogP contribution is -2.26. The van der Waals surface area contributed by atoms with Crippen LogP contribution in [0.5, 0.6) is 0 Å². The molecule has 0 atom stereocenters. The van der Waals surface area contributed by atoms with Gasteiger partial charge in [-0.25, -0.2) is 13.6 Å². The molecule has 144 valence electrons. The predicted octanol–water partition coefficient (Wildman–Crippen LogP) is -0.164. The lowest BCUT2D eigenvalue weighted by molar-refractivity contribution is 0.253. The highest BCUT2D eigenvalue weighted by atomic mass is 32.2. The number of rotatable bonds is 8. The molecule has 2 N–H and O–H groups in total. The van der Waals surface area contributed by atoms with Crippen molar-refractivity contribution in [2.75, 3.05) is 6.54 Å². The Morgan fingerprint density at radius 3 is 1.89 bits per heavy atom. The van der Waals surface area contributed by atoms with Gasteiger partial charge < -0.3 is 0 Å². The van der Waals surface area contributed by atoms with E-state index in [-0.39, 0.29) is 4.90 Å². The molecule has 11 heteroatoms. The molecule has 0 unspecified atom stereocenters. The van der Waals surface area contributed by atoms with E-state index < -0.39 is 10.0 Å². The predicted molar refractivity (Wildman–Crippen MR) is 97.6 cm³/mol. The van der Waals surface area contributed by atoms with Crippen LogP contribution in [0.25, 0.3) is 0 Å². The molecular formula is C16H22N8O2S. The second kappa shape index (κ2) is 7.94. The molecule has 1 aromatic carbocycles. The van der Waals surface area contributed by atoms with Crippen molar-refractivity contribution in [1.29, 1.82) is 0 Å². The largest absolute Gasteiger partial charge is 0.291 e. The van der Waals surface area contributed by atoms with Crippen LogP contribution in [0.15, 0.2) is 41.6 Å². The second-order valence-electron chi connectivity index (χ2n) is 6.42. The minimum absolute atomic E-state index is 0.113.